The second-order valence-electron chi connectivity index (χ2n) is 6.74. The van der Waals surface area contributed by atoms with Crippen LogP contribution in [0.1, 0.15) is 38.2 Å². The molecule has 2 rings (SSSR count). The van der Waals surface area contributed by atoms with Crippen LogP contribution in [0.25, 0.3) is 0 Å². The van der Waals surface area contributed by atoms with Crippen molar-refractivity contribution < 1.29 is 0 Å². The predicted molar refractivity (Wildman–Crippen MR) is 117 cm³/mol. The molecule has 144 valence electrons. The maximum atomic E-state index is 4.27. The molecule has 1 aromatic heterocycles. The van der Waals surface area contributed by atoms with E-state index in [0.29, 0.717) is 6.54 Å². The molecule has 0 fully saturated rings. The van der Waals surface area contributed by atoms with Crippen LogP contribution in [0.3, 0.4) is 0 Å². The molecular formula is C18H30IN7. The minimum absolute atomic E-state index is 0. The van der Waals surface area contributed by atoms with Crippen molar-refractivity contribution in [3.8, 4) is 0 Å². The molecule has 0 aliphatic carbocycles. The molecule has 8 heteroatoms. The fourth-order valence-corrected chi connectivity index (χ4v) is 2.63. The number of halogens is 1. The van der Waals surface area contributed by atoms with Crippen LogP contribution in [0.5, 0.6) is 0 Å². The zero-order chi connectivity index (χ0) is 18.3. The van der Waals surface area contributed by atoms with Gasteiger partial charge in [0.15, 0.2) is 5.96 Å². The van der Waals surface area contributed by atoms with Gasteiger partial charge in [0.05, 0.1) is 6.54 Å². The lowest BCUT2D eigenvalue weighted by Crippen LogP contribution is -2.52. The van der Waals surface area contributed by atoms with Gasteiger partial charge in [-0.2, -0.15) is 5.10 Å². The topological polar surface area (TPSA) is 79.2 Å². The number of guanidine groups is 1. The maximum Gasteiger partial charge on any atom is 0.191 e. The molecule has 0 bridgehead atoms. The largest absolute Gasteiger partial charge is 0.355 e. The Morgan fingerprint density at radius 3 is 2.50 bits per heavy atom. The van der Waals surface area contributed by atoms with Crippen molar-refractivity contribution in [3.63, 3.8) is 0 Å². The highest BCUT2D eigenvalue weighted by Gasteiger charge is 2.21. The van der Waals surface area contributed by atoms with Crippen LogP contribution in [0.15, 0.2) is 41.7 Å². The molecule has 1 aromatic carbocycles. The molecule has 7 nitrogen and oxygen atoms in total. The summed E-state index contributed by atoms with van der Waals surface area (Å²) in [7, 11) is 3.64. The van der Waals surface area contributed by atoms with Gasteiger partial charge in [-0.1, -0.05) is 30.3 Å². The Morgan fingerprint density at radius 2 is 1.92 bits per heavy atom. The van der Waals surface area contributed by atoms with Crippen molar-refractivity contribution in [2.75, 3.05) is 13.6 Å². The van der Waals surface area contributed by atoms with E-state index in [1.165, 1.54) is 5.56 Å². The third kappa shape index (κ3) is 6.91. The van der Waals surface area contributed by atoms with Gasteiger partial charge in [-0.25, -0.2) is 4.98 Å². The van der Waals surface area contributed by atoms with Crippen LogP contribution in [-0.2, 0) is 13.6 Å². The highest BCUT2D eigenvalue weighted by molar-refractivity contribution is 14.0. The monoisotopic (exact) mass is 471 g/mol. The predicted octanol–water partition coefficient (Wildman–Crippen LogP) is 2.23. The molecular weight excluding hydrogens is 441 g/mol. The first-order valence-electron chi connectivity index (χ1n) is 8.51. The summed E-state index contributed by atoms with van der Waals surface area (Å²) in [5.41, 5.74) is 1.18. The Labute approximate surface area is 173 Å². The highest BCUT2D eigenvalue weighted by atomic mass is 127. The van der Waals surface area contributed by atoms with Crippen LogP contribution in [0.2, 0.25) is 0 Å². The van der Waals surface area contributed by atoms with E-state index < -0.39 is 0 Å². The summed E-state index contributed by atoms with van der Waals surface area (Å²) in [6.07, 6.45) is 1.55. The van der Waals surface area contributed by atoms with Crippen molar-refractivity contribution in [1.82, 2.24) is 30.7 Å². The van der Waals surface area contributed by atoms with Crippen LogP contribution in [0.4, 0.5) is 0 Å². The van der Waals surface area contributed by atoms with Crippen molar-refractivity contribution in [2.24, 2.45) is 12.0 Å². The SMILES string of the molecule is CN=C(NCc1ncnn1C)NCC(C)(C)NC(C)c1ccccc1.I. The first-order chi connectivity index (χ1) is 11.9. The summed E-state index contributed by atoms with van der Waals surface area (Å²) in [6.45, 7) is 7.84. The number of rotatable bonds is 7. The second-order valence-corrected chi connectivity index (χ2v) is 6.74. The van der Waals surface area contributed by atoms with Gasteiger partial charge in [0.25, 0.3) is 0 Å². The van der Waals surface area contributed by atoms with Crippen molar-refractivity contribution >= 4 is 29.9 Å². The van der Waals surface area contributed by atoms with Gasteiger partial charge in [-0.05, 0) is 26.3 Å². The smallest absolute Gasteiger partial charge is 0.191 e. The fourth-order valence-electron chi connectivity index (χ4n) is 2.63. The highest BCUT2D eigenvalue weighted by Crippen LogP contribution is 2.15. The number of nitrogens with one attached hydrogen (secondary N) is 3. The molecule has 1 heterocycles. The number of benzene rings is 1. The summed E-state index contributed by atoms with van der Waals surface area (Å²) in [5, 5.41) is 14.3. The number of hydrogen-bond donors (Lipinski definition) is 3. The van der Waals surface area contributed by atoms with Gasteiger partial charge in [0, 0.05) is 32.2 Å². The lowest BCUT2D eigenvalue weighted by atomic mass is 10.0. The van der Waals surface area contributed by atoms with E-state index in [-0.39, 0.29) is 35.6 Å². The summed E-state index contributed by atoms with van der Waals surface area (Å²) in [4.78, 5) is 8.46. The van der Waals surface area contributed by atoms with Crippen molar-refractivity contribution in [1.29, 1.82) is 0 Å². The van der Waals surface area contributed by atoms with E-state index in [2.05, 4.69) is 76.1 Å². The molecule has 0 aliphatic heterocycles. The Bertz CT molecular complexity index is 682. The van der Waals surface area contributed by atoms with E-state index in [1.807, 2.05) is 13.1 Å². The lowest BCUT2D eigenvalue weighted by molar-refractivity contribution is 0.344. The first kappa shape index (κ1) is 22.4. The molecule has 0 spiro atoms. The molecule has 0 saturated carbocycles. The minimum Gasteiger partial charge on any atom is -0.355 e. The minimum atomic E-state index is -0.0995. The van der Waals surface area contributed by atoms with Crippen LogP contribution >= 0.6 is 24.0 Å². The summed E-state index contributed by atoms with van der Waals surface area (Å²) in [5.74, 6) is 1.60. The normalized spacial score (nSPS) is 13.0. The molecule has 0 saturated heterocycles. The zero-order valence-electron chi connectivity index (χ0n) is 16.2. The Morgan fingerprint density at radius 1 is 1.23 bits per heavy atom. The summed E-state index contributed by atoms with van der Waals surface area (Å²) >= 11 is 0. The Balaban J connectivity index is 0.00000338. The zero-order valence-corrected chi connectivity index (χ0v) is 18.5. The number of nitrogens with zero attached hydrogens (tertiary/aromatic N) is 4. The molecule has 26 heavy (non-hydrogen) atoms. The van der Waals surface area contributed by atoms with Gasteiger partial charge in [-0.3, -0.25) is 9.67 Å². The molecule has 0 aliphatic rings. The number of aryl methyl sites for hydroxylation is 1. The van der Waals surface area contributed by atoms with E-state index >= 15 is 0 Å². The van der Waals surface area contributed by atoms with E-state index in [1.54, 1.807) is 18.1 Å². The molecule has 3 N–H and O–H groups in total. The Kier molecular flexibility index (Phi) is 9.00. The van der Waals surface area contributed by atoms with Crippen LogP contribution < -0.4 is 16.0 Å². The molecule has 0 amide bonds. The Hall–Kier alpha value is -1.68. The average Bonchev–Trinajstić information content (AvgIpc) is 3.00. The third-order valence-electron chi connectivity index (χ3n) is 4.05. The van der Waals surface area contributed by atoms with E-state index in [4.69, 9.17) is 0 Å². The molecule has 2 aromatic rings. The standard InChI is InChI=1S/C18H29N7.HI/c1-14(15-9-7-6-8-10-15)24-18(2,3)12-21-17(19-4)20-11-16-22-13-23-25(16)5;/h6-10,13-14,24H,11-12H2,1-5H3,(H2,19,20,21);1H. The van der Waals surface area contributed by atoms with Crippen molar-refractivity contribution in [3.05, 3.63) is 48.0 Å². The summed E-state index contributed by atoms with van der Waals surface area (Å²) in [6, 6.07) is 10.7. The van der Waals surface area contributed by atoms with E-state index in [9.17, 15) is 0 Å². The molecule has 0 radical (unpaired) electrons. The first-order valence-corrected chi connectivity index (χ1v) is 8.51. The summed E-state index contributed by atoms with van der Waals surface area (Å²) < 4.78 is 1.74. The van der Waals surface area contributed by atoms with E-state index in [0.717, 1.165) is 18.3 Å². The number of hydrogen-bond acceptors (Lipinski definition) is 4. The fraction of sp³-hybridized carbons (Fsp3) is 0.500. The lowest BCUT2D eigenvalue weighted by Gasteiger charge is -2.31. The molecule has 1 atom stereocenters. The molecule has 1 unspecified atom stereocenters. The second kappa shape index (κ2) is 10.5. The van der Waals surface area contributed by atoms with Gasteiger partial charge >= 0.3 is 0 Å². The number of aromatic nitrogens is 3. The van der Waals surface area contributed by atoms with Crippen molar-refractivity contribution in [2.45, 2.75) is 38.9 Å². The van der Waals surface area contributed by atoms with Crippen LogP contribution in [-0.4, -0.2) is 39.9 Å². The van der Waals surface area contributed by atoms with Gasteiger partial charge in [0.1, 0.15) is 12.2 Å². The van der Waals surface area contributed by atoms with Gasteiger partial charge < -0.3 is 16.0 Å². The third-order valence-corrected chi connectivity index (χ3v) is 4.05. The van der Waals surface area contributed by atoms with Gasteiger partial charge in [0.2, 0.25) is 0 Å². The van der Waals surface area contributed by atoms with Crippen LogP contribution in [0, 0.1) is 0 Å². The maximum absolute atomic E-state index is 4.27. The average molecular weight is 471 g/mol. The van der Waals surface area contributed by atoms with Gasteiger partial charge in [-0.15, -0.1) is 24.0 Å². The number of aliphatic imine (C=N–C) groups is 1. The quantitative estimate of drug-likeness (QED) is 0.328.